The van der Waals surface area contributed by atoms with Gasteiger partial charge in [0.15, 0.2) is 5.82 Å². The lowest BCUT2D eigenvalue weighted by molar-refractivity contribution is -0.130. The molecule has 0 spiro atoms. The van der Waals surface area contributed by atoms with Gasteiger partial charge in [0, 0.05) is 13.5 Å². The monoisotopic (exact) mass is 394 g/mol. The lowest BCUT2D eigenvalue weighted by atomic mass is 9.84. The molecule has 1 heterocycles. The number of carbonyl (C=O) groups excluding carboxylic acids is 2. The highest BCUT2D eigenvalue weighted by Gasteiger charge is 2.59. The first-order chi connectivity index (χ1) is 13.6. The number of hydrogen-bond acceptors (Lipinski definition) is 7. The van der Waals surface area contributed by atoms with Crippen molar-refractivity contribution in [3.63, 3.8) is 0 Å². The fraction of sp³-hybridized carbons (Fsp3) is 0.789. The van der Waals surface area contributed by atoms with Crippen molar-refractivity contribution in [2.24, 2.45) is 11.8 Å². The highest BCUT2D eigenvalue weighted by Crippen LogP contribution is 2.58. The van der Waals surface area contributed by atoms with Crippen molar-refractivity contribution in [1.82, 2.24) is 20.9 Å². The number of rotatable bonds is 10. The minimum Gasteiger partial charge on any atom is -0.375 e. The van der Waals surface area contributed by atoms with Crippen molar-refractivity contribution in [3.8, 4) is 0 Å². The molecule has 156 valence electrons. The Morgan fingerprint density at radius 1 is 1.25 bits per heavy atom. The van der Waals surface area contributed by atoms with Crippen molar-refractivity contribution < 1.29 is 24.1 Å². The van der Waals surface area contributed by atoms with Crippen LogP contribution in [0.1, 0.15) is 69.5 Å². The average molecular weight is 394 g/mol. The molecular formula is C19H30N4O5. The van der Waals surface area contributed by atoms with E-state index in [0.717, 1.165) is 25.2 Å². The van der Waals surface area contributed by atoms with Crippen LogP contribution in [-0.4, -0.2) is 40.9 Å². The summed E-state index contributed by atoms with van der Waals surface area (Å²) in [6, 6.07) is 0. The molecule has 0 aliphatic heterocycles. The molecule has 0 bridgehead atoms. The molecule has 2 amide bonds. The quantitative estimate of drug-likeness (QED) is 0.408. The molecule has 2 atom stereocenters. The number of hydroxylamine groups is 1. The number of ether oxygens (including phenoxy) is 1. The third-order valence-corrected chi connectivity index (χ3v) is 6.09. The second-order valence-corrected chi connectivity index (χ2v) is 8.08. The molecule has 9 heteroatoms. The fourth-order valence-electron chi connectivity index (χ4n) is 4.44. The summed E-state index contributed by atoms with van der Waals surface area (Å²) in [6.07, 6.45) is 9.65. The van der Waals surface area contributed by atoms with Gasteiger partial charge in [-0.2, -0.15) is 4.98 Å². The molecule has 0 radical (unpaired) electrons. The molecule has 9 nitrogen and oxygen atoms in total. The molecule has 2 fully saturated rings. The van der Waals surface area contributed by atoms with Gasteiger partial charge >= 0.3 is 0 Å². The standard InChI is InChI=1S/C19H30N4O5/c1-27-12-17(25)20-11-15-21-18(28-23-15)19(10-16(24)22-26)9-14(19)8-7-13-5-3-2-4-6-13/h13-14,26H,2-12H2,1H3,(H,20,25)(H,22,24). The van der Waals surface area contributed by atoms with E-state index in [4.69, 9.17) is 14.5 Å². The number of carbonyl (C=O) groups is 2. The molecule has 1 aromatic rings. The third-order valence-electron chi connectivity index (χ3n) is 6.09. The summed E-state index contributed by atoms with van der Waals surface area (Å²) in [6.45, 7) is 0.106. The Labute approximate surface area is 164 Å². The van der Waals surface area contributed by atoms with Crippen molar-refractivity contribution in [2.75, 3.05) is 13.7 Å². The van der Waals surface area contributed by atoms with Crippen LogP contribution in [0.4, 0.5) is 0 Å². The second-order valence-electron chi connectivity index (χ2n) is 8.08. The lowest BCUT2D eigenvalue weighted by Gasteiger charge is -2.21. The van der Waals surface area contributed by atoms with Crippen LogP contribution in [0, 0.1) is 11.8 Å². The van der Waals surface area contributed by atoms with E-state index in [1.165, 1.54) is 39.2 Å². The maximum absolute atomic E-state index is 11.9. The van der Waals surface area contributed by atoms with Crippen molar-refractivity contribution in [2.45, 2.75) is 69.7 Å². The Kier molecular flexibility index (Phi) is 7.01. The zero-order chi connectivity index (χ0) is 20.0. The molecule has 0 saturated heterocycles. The van der Waals surface area contributed by atoms with Crippen LogP contribution >= 0.6 is 0 Å². The second kappa shape index (κ2) is 9.47. The topological polar surface area (TPSA) is 127 Å². The smallest absolute Gasteiger partial charge is 0.246 e. The molecule has 2 unspecified atom stereocenters. The SMILES string of the molecule is COCC(=O)NCc1noc(C2(CC(=O)NO)CC2CCC2CCCCC2)n1. The Morgan fingerprint density at radius 2 is 2.04 bits per heavy atom. The summed E-state index contributed by atoms with van der Waals surface area (Å²) >= 11 is 0. The molecule has 28 heavy (non-hydrogen) atoms. The van der Waals surface area contributed by atoms with Crippen LogP contribution in [0.25, 0.3) is 0 Å². The Balaban J connectivity index is 1.60. The van der Waals surface area contributed by atoms with Gasteiger partial charge in [0.1, 0.15) is 6.61 Å². The maximum atomic E-state index is 11.9. The van der Waals surface area contributed by atoms with E-state index < -0.39 is 11.3 Å². The predicted molar refractivity (Wildman–Crippen MR) is 98.2 cm³/mol. The molecule has 2 aliphatic carbocycles. The number of nitrogens with one attached hydrogen (secondary N) is 2. The van der Waals surface area contributed by atoms with Crippen LogP contribution in [0.5, 0.6) is 0 Å². The van der Waals surface area contributed by atoms with E-state index in [0.29, 0.717) is 17.6 Å². The molecule has 3 rings (SSSR count). The van der Waals surface area contributed by atoms with Crippen LogP contribution in [0.3, 0.4) is 0 Å². The average Bonchev–Trinajstić information content (AvgIpc) is 3.18. The van der Waals surface area contributed by atoms with E-state index in [1.807, 2.05) is 0 Å². The molecule has 2 saturated carbocycles. The number of nitrogens with zero attached hydrogens (tertiary/aromatic N) is 2. The zero-order valence-corrected chi connectivity index (χ0v) is 16.4. The highest BCUT2D eigenvalue weighted by atomic mass is 16.5. The first-order valence-corrected chi connectivity index (χ1v) is 10.1. The largest absolute Gasteiger partial charge is 0.375 e. The Hall–Kier alpha value is -2.00. The van der Waals surface area contributed by atoms with Gasteiger partial charge in [0.05, 0.1) is 12.0 Å². The fourth-order valence-corrected chi connectivity index (χ4v) is 4.44. The first-order valence-electron chi connectivity index (χ1n) is 10.1. The highest BCUT2D eigenvalue weighted by molar-refractivity contribution is 5.77. The van der Waals surface area contributed by atoms with Crippen LogP contribution in [0.15, 0.2) is 4.52 Å². The predicted octanol–water partition coefficient (Wildman–Crippen LogP) is 1.85. The molecule has 2 aliphatic rings. The van der Waals surface area contributed by atoms with Gasteiger partial charge in [-0.1, -0.05) is 43.7 Å². The van der Waals surface area contributed by atoms with Crippen molar-refractivity contribution in [3.05, 3.63) is 11.7 Å². The third kappa shape index (κ3) is 5.08. The number of methoxy groups -OCH3 is 1. The van der Waals surface area contributed by atoms with Gasteiger partial charge < -0.3 is 14.6 Å². The summed E-state index contributed by atoms with van der Waals surface area (Å²) in [5, 5.41) is 15.6. The summed E-state index contributed by atoms with van der Waals surface area (Å²) in [5.41, 5.74) is 1.21. The molecular weight excluding hydrogens is 364 g/mol. The lowest BCUT2D eigenvalue weighted by Crippen LogP contribution is -2.27. The van der Waals surface area contributed by atoms with Gasteiger partial charge in [0.25, 0.3) is 0 Å². The summed E-state index contributed by atoms with van der Waals surface area (Å²) in [5.74, 6) is 1.13. The number of amides is 2. The maximum Gasteiger partial charge on any atom is 0.246 e. The van der Waals surface area contributed by atoms with Gasteiger partial charge in [-0.3, -0.25) is 14.8 Å². The van der Waals surface area contributed by atoms with E-state index in [2.05, 4.69) is 15.5 Å². The number of hydrogen-bond donors (Lipinski definition) is 3. The van der Waals surface area contributed by atoms with Crippen LogP contribution < -0.4 is 10.8 Å². The van der Waals surface area contributed by atoms with Crippen molar-refractivity contribution in [1.29, 1.82) is 0 Å². The minimum atomic E-state index is -0.511. The molecule has 0 aromatic carbocycles. The van der Waals surface area contributed by atoms with E-state index in [-0.39, 0.29) is 25.5 Å². The van der Waals surface area contributed by atoms with Crippen LogP contribution in [-0.2, 0) is 26.3 Å². The summed E-state index contributed by atoms with van der Waals surface area (Å²) < 4.78 is 10.2. The number of aromatic nitrogens is 2. The zero-order valence-electron chi connectivity index (χ0n) is 16.4. The van der Waals surface area contributed by atoms with Gasteiger partial charge in [-0.15, -0.1) is 0 Å². The minimum absolute atomic E-state index is 0.0332. The van der Waals surface area contributed by atoms with Gasteiger partial charge in [-0.05, 0) is 24.7 Å². The van der Waals surface area contributed by atoms with Gasteiger partial charge in [0.2, 0.25) is 17.7 Å². The van der Waals surface area contributed by atoms with Gasteiger partial charge in [-0.25, -0.2) is 5.48 Å². The summed E-state index contributed by atoms with van der Waals surface area (Å²) in [4.78, 5) is 27.8. The molecule has 1 aromatic heterocycles. The van der Waals surface area contributed by atoms with Crippen LogP contribution in [0.2, 0.25) is 0 Å². The van der Waals surface area contributed by atoms with Crippen molar-refractivity contribution >= 4 is 11.8 Å². The Bertz CT molecular complexity index is 673. The Morgan fingerprint density at radius 3 is 2.75 bits per heavy atom. The normalized spacial score (nSPS) is 24.7. The van der Waals surface area contributed by atoms with E-state index in [1.54, 1.807) is 5.48 Å². The van der Waals surface area contributed by atoms with E-state index in [9.17, 15) is 9.59 Å². The first kappa shape index (κ1) is 20.7. The summed E-state index contributed by atoms with van der Waals surface area (Å²) in [7, 11) is 1.45. The van der Waals surface area contributed by atoms with E-state index >= 15 is 0 Å². The molecule has 3 N–H and O–H groups in total.